The van der Waals surface area contributed by atoms with E-state index >= 15 is 0 Å². The first kappa shape index (κ1) is 23.6. The number of carbonyl (C=O) groups excluding carboxylic acids is 3. The molecule has 3 aromatic rings. The molecule has 2 aromatic carbocycles. The third kappa shape index (κ3) is 5.60. The zero-order chi connectivity index (χ0) is 24.1. The molecule has 1 aromatic heterocycles. The van der Waals surface area contributed by atoms with Gasteiger partial charge in [0, 0.05) is 35.4 Å². The highest BCUT2D eigenvalue weighted by Gasteiger charge is 2.25. The molecule has 33 heavy (non-hydrogen) atoms. The van der Waals surface area contributed by atoms with Crippen molar-refractivity contribution in [2.24, 2.45) is 0 Å². The van der Waals surface area contributed by atoms with Crippen LogP contribution in [0.4, 0.5) is 16.4 Å². The number of nitro benzene ring substituents is 1. The number of non-ortho nitro benzene ring substituents is 1. The summed E-state index contributed by atoms with van der Waals surface area (Å²) in [6.07, 6.45) is 0.107. The summed E-state index contributed by atoms with van der Waals surface area (Å²) in [5, 5.41) is 16.4. The minimum atomic E-state index is -0.564. The lowest BCUT2D eigenvalue weighted by Crippen LogP contribution is -2.13. The van der Waals surface area contributed by atoms with Gasteiger partial charge in [0.15, 0.2) is 5.75 Å². The maximum absolute atomic E-state index is 12.9. The second-order valence-electron chi connectivity index (χ2n) is 7.12. The lowest BCUT2D eigenvalue weighted by atomic mass is 10.2. The van der Waals surface area contributed by atoms with E-state index in [1.807, 2.05) is 19.1 Å². The van der Waals surface area contributed by atoms with E-state index in [9.17, 15) is 24.5 Å². The molecule has 0 spiro atoms. The van der Waals surface area contributed by atoms with Crippen molar-refractivity contribution in [3.63, 3.8) is 0 Å². The maximum atomic E-state index is 12.9. The number of rotatable bonds is 7. The van der Waals surface area contributed by atoms with E-state index in [-0.39, 0.29) is 33.3 Å². The van der Waals surface area contributed by atoms with E-state index < -0.39 is 22.7 Å². The van der Waals surface area contributed by atoms with Crippen molar-refractivity contribution < 1.29 is 24.0 Å². The van der Waals surface area contributed by atoms with E-state index in [0.29, 0.717) is 11.3 Å². The molecule has 10 heteroatoms. The predicted octanol–water partition coefficient (Wildman–Crippen LogP) is 5.09. The Labute approximate surface area is 193 Å². The highest BCUT2D eigenvalue weighted by atomic mass is 32.1. The summed E-state index contributed by atoms with van der Waals surface area (Å²) in [4.78, 5) is 48.1. The number of carbonyl (C=O) groups is 3. The molecule has 2 amide bonds. The van der Waals surface area contributed by atoms with Crippen molar-refractivity contribution in [1.29, 1.82) is 0 Å². The fourth-order valence-electron chi connectivity index (χ4n) is 2.84. The van der Waals surface area contributed by atoms with Crippen molar-refractivity contribution in [2.75, 3.05) is 10.6 Å². The Balaban J connectivity index is 1.89. The number of ether oxygens (including phenoxy) is 1. The van der Waals surface area contributed by atoms with Gasteiger partial charge in [-0.25, -0.2) is 0 Å². The molecule has 0 atom stereocenters. The third-order valence-corrected chi connectivity index (χ3v) is 5.87. The highest BCUT2D eigenvalue weighted by Crippen LogP contribution is 2.40. The molecular weight excluding hydrogens is 446 g/mol. The van der Waals surface area contributed by atoms with Crippen LogP contribution in [0.15, 0.2) is 48.5 Å². The number of amides is 2. The van der Waals surface area contributed by atoms with E-state index in [4.69, 9.17) is 4.74 Å². The number of nitro groups is 1. The van der Waals surface area contributed by atoms with Crippen molar-refractivity contribution in [1.82, 2.24) is 0 Å². The van der Waals surface area contributed by atoms with E-state index in [0.717, 1.165) is 16.9 Å². The molecule has 170 valence electrons. The second-order valence-corrected chi connectivity index (χ2v) is 8.14. The second kappa shape index (κ2) is 10.0. The average molecular weight is 468 g/mol. The molecule has 2 N–H and O–H groups in total. The first-order valence-electron chi connectivity index (χ1n) is 9.97. The molecule has 0 bridgehead atoms. The van der Waals surface area contributed by atoms with Crippen LogP contribution in [0, 0.1) is 24.0 Å². The van der Waals surface area contributed by atoms with Gasteiger partial charge < -0.3 is 15.4 Å². The molecule has 0 aliphatic rings. The van der Waals surface area contributed by atoms with Crippen molar-refractivity contribution in [3.8, 4) is 5.75 Å². The Bertz CT molecular complexity index is 1220. The Hall–Kier alpha value is -4.05. The van der Waals surface area contributed by atoms with E-state index in [1.165, 1.54) is 24.3 Å². The van der Waals surface area contributed by atoms with Gasteiger partial charge in [-0.3, -0.25) is 24.5 Å². The topological polar surface area (TPSA) is 128 Å². The number of hydrogen-bond donors (Lipinski definition) is 2. The number of thiophene rings is 1. The Morgan fingerprint density at radius 2 is 1.61 bits per heavy atom. The van der Waals surface area contributed by atoms with Crippen molar-refractivity contribution in [3.05, 3.63) is 80.2 Å². The quantitative estimate of drug-likeness (QED) is 0.283. The van der Waals surface area contributed by atoms with Crippen molar-refractivity contribution in [2.45, 2.75) is 27.2 Å². The van der Waals surface area contributed by atoms with Gasteiger partial charge in [0.25, 0.3) is 17.5 Å². The van der Waals surface area contributed by atoms with Gasteiger partial charge in [0.1, 0.15) is 9.88 Å². The Kier molecular flexibility index (Phi) is 7.19. The fraction of sp³-hybridized carbons (Fsp3) is 0.174. The van der Waals surface area contributed by atoms with Crippen LogP contribution in [-0.2, 0) is 4.79 Å². The van der Waals surface area contributed by atoms with Crippen LogP contribution in [0.3, 0.4) is 0 Å². The number of anilines is 2. The molecule has 3 rings (SSSR count). The Morgan fingerprint density at radius 1 is 0.970 bits per heavy atom. The minimum absolute atomic E-state index is 0.0937. The van der Waals surface area contributed by atoms with Crippen LogP contribution in [0.5, 0.6) is 5.75 Å². The summed E-state index contributed by atoms with van der Waals surface area (Å²) in [5.74, 6) is -1.40. The third-order valence-electron chi connectivity index (χ3n) is 4.68. The number of nitrogens with zero attached hydrogens (tertiary/aromatic N) is 1. The van der Waals surface area contributed by atoms with Gasteiger partial charge in [0.2, 0.25) is 0 Å². The van der Waals surface area contributed by atoms with E-state index in [1.54, 1.807) is 26.0 Å². The van der Waals surface area contributed by atoms with Gasteiger partial charge in [0.05, 0.1) is 4.92 Å². The van der Waals surface area contributed by atoms with Crippen molar-refractivity contribution >= 4 is 45.5 Å². The number of hydrogen-bond acceptors (Lipinski definition) is 7. The monoisotopic (exact) mass is 467 g/mol. The van der Waals surface area contributed by atoms with Gasteiger partial charge in [-0.15, -0.1) is 11.3 Å². The predicted molar refractivity (Wildman–Crippen MR) is 125 cm³/mol. The molecule has 9 nitrogen and oxygen atoms in total. The first-order chi connectivity index (χ1) is 15.7. The molecule has 0 aliphatic heterocycles. The molecule has 0 aliphatic carbocycles. The average Bonchev–Trinajstić information content (AvgIpc) is 3.10. The number of benzene rings is 2. The molecule has 0 radical (unpaired) electrons. The summed E-state index contributed by atoms with van der Waals surface area (Å²) < 4.78 is 5.40. The lowest BCUT2D eigenvalue weighted by molar-refractivity contribution is -0.384. The largest absolute Gasteiger partial charge is 0.423 e. The lowest BCUT2D eigenvalue weighted by Gasteiger charge is -2.08. The van der Waals surface area contributed by atoms with Gasteiger partial charge in [-0.2, -0.15) is 0 Å². The zero-order valence-electron chi connectivity index (χ0n) is 18.1. The first-order valence-corrected chi connectivity index (χ1v) is 10.8. The molecule has 1 heterocycles. The van der Waals surface area contributed by atoms with Crippen LogP contribution in [-0.4, -0.2) is 22.7 Å². The Morgan fingerprint density at radius 3 is 2.18 bits per heavy atom. The standard InChI is InChI=1S/C23H21N3O6S/c1-4-18(27)32-19-14(3)20(22(29)24-16-9-5-13(2)6-10-16)33-23(19)25-21(28)15-7-11-17(12-8-15)26(30)31/h5-12H,4H2,1-3H3,(H,24,29)(H,25,28). The summed E-state index contributed by atoms with van der Waals surface area (Å²) in [7, 11) is 0. The minimum Gasteiger partial charge on any atom is -0.423 e. The van der Waals surface area contributed by atoms with Crippen LogP contribution >= 0.6 is 11.3 Å². The zero-order valence-corrected chi connectivity index (χ0v) is 18.9. The molecule has 0 unspecified atom stereocenters. The van der Waals surface area contributed by atoms with Gasteiger partial charge in [-0.1, -0.05) is 24.6 Å². The number of esters is 1. The summed E-state index contributed by atoms with van der Waals surface area (Å²) in [6.45, 7) is 5.19. The molecule has 0 saturated heterocycles. The van der Waals surface area contributed by atoms with Gasteiger partial charge >= 0.3 is 5.97 Å². The summed E-state index contributed by atoms with van der Waals surface area (Å²) in [6, 6.07) is 12.3. The number of aryl methyl sites for hydroxylation is 1. The van der Waals surface area contributed by atoms with Crippen LogP contribution < -0.4 is 15.4 Å². The molecular formula is C23H21N3O6S. The molecule has 0 fully saturated rings. The van der Waals surface area contributed by atoms with Crippen LogP contribution in [0.2, 0.25) is 0 Å². The molecule has 0 saturated carbocycles. The van der Waals surface area contributed by atoms with Gasteiger partial charge in [-0.05, 0) is 38.1 Å². The van der Waals surface area contributed by atoms with E-state index in [2.05, 4.69) is 10.6 Å². The fourth-order valence-corrected chi connectivity index (χ4v) is 3.87. The summed E-state index contributed by atoms with van der Waals surface area (Å²) in [5.41, 5.74) is 2.08. The summed E-state index contributed by atoms with van der Waals surface area (Å²) >= 11 is 0.971. The highest BCUT2D eigenvalue weighted by molar-refractivity contribution is 7.19. The van der Waals surface area contributed by atoms with Crippen LogP contribution in [0.1, 0.15) is 44.5 Å². The van der Waals surface area contributed by atoms with Crippen LogP contribution in [0.25, 0.3) is 0 Å². The number of nitrogens with one attached hydrogen (secondary N) is 2. The maximum Gasteiger partial charge on any atom is 0.311 e. The SMILES string of the molecule is CCC(=O)Oc1c(NC(=O)c2ccc([N+](=O)[O-])cc2)sc(C(=O)Nc2ccc(C)cc2)c1C. The normalized spacial score (nSPS) is 10.4. The smallest absolute Gasteiger partial charge is 0.311 e.